The van der Waals surface area contributed by atoms with Gasteiger partial charge in [-0.1, -0.05) is 0 Å². The Morgan fingerprint density at radius 2 is 1.74 bits per heavy atom. The van der Waals surface area contributed by atoms with Crippen LogP contribution in [0.5, 0.6) is 5.75 Å². The smallest absolute Gasteiger partial charge is 0.340 e. The minimum absolute atomic E-state index is 0.428. The lowest BCUT2D eigenvalue weighted by Crippen LogP contribution is -2.10. The molecule has 19 heavy (non-hydrogen) atoms. The summed E-state index contributed by atoms with van der Waals surface area (Å²) in [6.07, 6.45) is 1.69. The van der Waals surface area contributed by atoms with Crippen molar-refractivity contribution in [2.45, 2.75) is 4.90 Å². The van der Waals surface area contributed by atoms with E-state index < -0.39 is 38.2 Å². The summed E-state index contributed by atoms with van der Waals surface area (Å²) in [7, 11) is -4.36. The predicted molar refractivity (Wildman–Crippen MR) is 58.4 cm³/mol. The van der Waals surface area contributed by atoms with Gasteiger partial charge in [0, 0.05) is 12.3 Å². The monoisotopic (exact) mass is 289 g/mol. The molecule has 0 atom stereocenters. The Hall–Kier alpha value is -2.09. The lowest BCUT2D eigenvalue weighted by molar-refractivity contribution is 0.471. The van der Waals surface area contributed by atoms with Gasteiger partial charge in [0.05, 0.1) is 6.20 Å². The third-order valence-electron chi connectivity index (χ3n) is 2.07. The highest BCUT2D eigenvalue weighted by Crippen LogP contribution is 2.20. The first-order valence-electron chi connectivity index (χ1n) is 4.88. The van der Waals surface area contributed by atoms with Gasteiger partial charge in [0.2, 0.25) is 0 Å². The molecule has 8 heteroatoms. The summed E-state index contributed by atoms with van der Waals surface area (Å²) in [5.41, 5.74) is 0. The lowest BCUT2D eigenvalue weighted by atomic mass is 10.3. The van der Waals surface area contributed by atoms with E-state index in [4.69, 9.17) is 0 Å². The van der Waals surface area contributed by atoms with Crippen LogP contribution in [0.25, 0.3) is 0 Å². The first kappa shape index (κ1) is 13.3. The third-order valence-corrected chi connectivity index (χ3v) is 3.28. The quantitative estimate of drug-likeness (QED) is 0.813. The zero-order valence-corrected chi connectivity index (χ0v) is 9.99. The van der Waals surface area contributed by atoms with Crippen LogP contribution in [0.4, 0.5) is 13.2 Å². The summed E-state index contributed by atoms with van der Waals surface area (Å²) < 4.78 is 66.4. The minimum Gasteiger partial charge on any atom is -0.379 e. The fourth-order valence-electron chi connectivity index (χ4n) is 1.23. The van der Waals surface area contributed by atoms with Crippen molar-refractivity contribution in [3.8, 4) is 5.75 Å². The Morgan fingerprint density at radius 1 is 1.00 bits per heavy atom. The van der Waals surface area contributed by atoms with Gasteiger partial charge < -0.3 is 4.18 Å². The molecule has 0 unspecified atom stereocenters. The summed E-state index contributed by atoms with van der Waals surface area (Å²) in [6, 6.07) is 2.91. The number of rotatable bonds is 3. The molecule has 0 radical (unpaired) electrons. The molecule has 4 nitrogen and oxygen atoms in total. The summed E-state index contributed by atoms with van der Waals surface area (Å²) in [4.78, 5) is 2.83. The molecule has 0 saturated carbocycles. The van der Waals surface area contributed by atoms with Crippen molar-refractivity contribution < 1.29 is 25.8 Å². The van der Waals surface area contributed by atoms with Gasteiger partial charge in [0.25, 0.3) is 0 Å². The highest BCUT2D eigenvalue weighted by atomic mass is 32.2. The number of pyridine rings is 1. The van der Waals surface area contributed by atoms with Crippen LogP contribution in [-0.2, 0) is 10.1 Å². The van der Waals surface area contributed by atoms with Crippen LogP contribution in [0.3, 0.4) is 0 Å². The molecular weight excluding hydrogens is 283 g/mol. The molecule has 1 aromatic carbocycles. The summed E-state index contributed by atoms with van der Waals surface area (Å²) >= 11 is 0. The van der Waals surface area contributed by atoms with E-state index in [2.05, 4.69) is 9.17 Å². The first-order valence-corrected chi connectivity index (χ1v) is 6.29. The van der Waals surface area contributed by atoms with Crippen LogP contribution in [-0.4, -0.2) is 13.4 Å². The number of halogens is 3. The van der Waals surface area contributed by atoms with Gasteiger partial charge in [-0.25, -0.2) is 13.2 Å². The molecule has 0 aliphatic heterocycles. The average molecular weight is 289 g/mol. The van der Waals surface area contributed by atoms with Gasteiger partial charge in [-0.05, 0) is 18.2 Å². The van der Waals surface area contributed by atoms with E-state index in [9.17, 15) is 21.6 Å². The number of nitrogens with zero attached hydrogens (tertiary/aromatic N) is 1. The Balaban J connectivity index is 2.33. The fourth-order valence-corrected chi connectivity index (χ4v) is 2.13. The van der Waals surface area contributed by atoms with Crippen molar-refractivity contribution >= 4 is 10.1 Å². The SMILES string of the molecule is O=S(=O)(Oc1ccc(F)c(F)c1)c1cncc(F)c1. The highest BCUT2D eigenvalue weighted by molar-refractivity contribution is 7.87. The zero-order valence-electron chi connectivity index (χ0n) is 9.18. The van der Waals surface area contributed by atoms with Crippen molar-refractivity contribution in [2.24, 2.45) is 0 Å². The van der Waals surface area contributed by atoms with Crippen molar-refractivity contribution in [3.63, 3.8) is 0 Å². The molecule has 1 heterocycles. The van der Waals surface area contributed by atoms with Crippen molar-refractivity contribution in [3.05, 3.63) is 54.1 Å². The molecule has 0 fully saturated rings. The zero-order chi connectivity index (χ0) is 14.0. The molecule has 0 amide bonds. The van der Waals surface area contributed by atoms with Gasteiger partial charge >= 0.3 is 10.1 Å². The Labute approximate surface area is 106 Å². The van der Waals surface area contributed by atoms with Crippen molar-refractivity contribution in [1.82, 2.24) is 4.98 Å². The van der Waals surface area contributed by atoms with E-state index in [0.29, 0.717) is 18.2 Å². The molecule has 0 aliphatic rings. The maximum atomic E-state index is 12.9. The fraction of sp³-hybridized carbons (Fsp3) is 0. The Bertz CT molecular complexity index is 719. The van der Waals surface area contributed by atoms with Crippen LogP contribution in [0.15, 0.2) is 41.6 Å². The van der Waals surface area contributed by atoms with E-state index in [1.54, 1.807) is 0 Å². The van der Waals surface area contributed by atoms with Crippen LogP contribution < -0.4 is 4.18 Å². The van der Waals surface area contributed by atoms with Gasteiger partial charge in [-0.15, -0.1) is 0 Å². The molecule has 0 spiro atoms. The maximum Gasteiger partial charge on any atom is 0.340 e. The number of hydrogen-bond acceptors (Lipinski definition) is 4. The molecular formula is C11H6F3NO3S. The van der Waals surface area contributed by atoms with E-state index in [0.717, 1.165) is 18.5 Å². The second-order valence-electron chi connectivity index (χ2n) is 3.45. The van der Waals surface area contributed by atoms with Gasteiger partial charge in [0.1, 0.15) is 16.5 Å². The molecule has 100 valence electrons. The summed E-state index contributed by atoms with van der Waals surface area (Å²) in [6.45, 7) is 0. The van der Waals surface area contributed by atoms with E-state index in [1.165, 1.54) is 0 Å². The number of hydrogen-bond donors (Lipinski definition) is 0. The molecule has 2 rings (SSSR count). The van der Waals surface area contributed by atoms with Crippen LogP contribution in [0.2, 0.25) is 0 Å². The largest absolute Gasteiger partial charge is 0.379 e. The van der Waals surface area contributed by atoms with E-state index in [-0.39, 0.29) is 0 Å². The second-order valence-corrected chi connectivity index (χ2v) is 5.00. The molecule has 0 aliphatic carbocycles. The molecule has 0 N–H and O–H groups in total. The normalized spacial score (nSPS) is 11.3. The molecule has 1 aromatic heterocycles. The van der Waals surface area contributed by atoms with Gasteiger partial charge in [-0.2, -0.15) is 8.42 Å². The van der Waals surface area contributed by atoms with Crippen LogP contribution in [0.1, 0.15) is 0 Å². The number of benzene rings is 1. The van der Waals surface area contributed by atoms with Gasteiger partial charge in [-0.3, -0.25) is 4.98 Å². The Kier molecular flexibility index (Phi) is 3.43. The number of aromatic nitrogens is 1. The van der Waals surface area contributed by atoms with Crippen molar-refractivity contribution in [1.29, 1.82) is 0 Å². The van der Waals surface area contributed by atoms with E-state index in [1.807, 2.05) is 0 Å². The highest BCUT2D eigenvalue weighted by Gasteiger charge is 2.18. The maximum absolute atomic E-state index is 12.9. The minimum atomic E-state index is -4.36. The van der Waals surface area contributed by atoms with Crippen molar-refractivity contribution in [2.75, 3.05) is 0 Å². The molecule has 0 bridgehead atoms. The molecule has 2 aromatic rings. The van der Waals surface area contributed by atoms with Gasteiger partial charge in [0.15, 0.2) is 11.6 Å². The first-order chi connectivity index (χ1) is 8.88. The second kappa shape index (κ2) is 4.88. The standard InChI is InChI=1S/C11H6F3NO3S/c12-7-3-9(6-15-5-7)19(16,17)18-8-1-2-10(13)11(14)4-8/h1-6H. The Morgan fingerprint density at radius 3 is 2.37 bits per heavy atom. The summed E-state index contributed by atoms with van der Waals surface area (Å²) in [5, 5.41) is 0. The third kappa shape index (κ3) is 3.02. The summed E-state index contributed by atoms with van der Waals surface area (Å²) in [5.74, 6) is -3.69. The average Bonchev–Trinajstić information content (AvgIpc) is 2.33. The van der Waals surface area contributed by atoms with E-state index >= 15 is 0 Å². The van der Waals surface area contributed by atoms with Crippen LogP contribution in [0, 0.1) is 17.5 Å². The van der Waals surface area contributed by atoms with Crippen LogP contribution >= 0.6 is 0 Å². The lowest BCUT2D eigenvalue weighted by Gasteiger charge is -2.06. The predicted octanol–water partition coefficient (Wildman–Crippen LogP) is 2.27. The molecule has 0 saturated heterocycles. The topological polar surface area (TPSA) is 56.3 Å².